The van der Waals surface area contributed by atoms with Crippen LogP contribution < -0.4 is 0 Å². The van der Waals surface area contributed by atoms with E-state index in [-0.39, 0.29) is 0 Å². The van der Waals surface area contributed by atoms with Crippen LogP contribution in [0.5, 0.6) is 0 Å². The summed E-state index contributed by atoms with van der Waals surface area (Å²) in [6.45, 7) is 0. The monoisotopic (exact) mass is 258 g/mol. The summed E-state index contributed by atoms with van der Waals surface area (Å²) in [6.07, 6.45) is 25.7. The average molecular weight is 258 g/mol. The first kappa shape index (κ1) is 13.5. The Morgan fingerprint density at radius 1 is 0.526 bits per heavy atom. The quantitative estimate of drug-likeness (QED) is 0.475. The molecule has 2 fully saturated rings. The van der Waals surface area contributed by atoms with Crippen LogP contribution in [0.3, 0.4) is 0 Å². The Labute approximate surface area is 119 Å². The van der Waals surface area contributed by atoms with Gasteiger partial charge in [-0.25, -0.2) is 0 Å². The van der Waals surface area contributed by atoms with Gasteiger partial charge in [-0.05, 0) is 68.6 Å². The van der Waals surface area contributed by atoms with Crippen molar-refractivity contribution in [2.45, 2.75) is 70.6 Å². The summed E-state index contributed by atoms with van der Waals surface area (Å²) in [5.41, 5.74) is 0. The number of hydrogen-bond acceptors (Lipinski definition) is 0. The van der Waals surface area contributed by atoms with E-state index in [0.717, 1.165) is 23.7 Å². The highest BCUT2D eigenvalue weighted by Gasteiger charge is 2.25. The zero-order chi connectivity index (χ0) is 12.9. The van der Waals surface area contributed by atoms with Gasteiger partial charge in [-0.2, -0.15) is 0 Å². The molecule has 4 unspecified atom stereocenters. The van der Waals surface area contributed by atoms with Crippen LogP contribution in [-0.2, 0) is 0 Å². The van der Waals surface area contributed by atoms with Gasteiger partial charge in [-0.15, -0.1) is 0 Å². The molecule has 4 aliphatic rings. The van der Waals surface area contributed by atoms with Crippen LogP contribution in [0.25, 0.3) is 0 Å². The highest BCUT2D eigenvalue weighted by Crippen LogP contribution is 2.38. The fourth-order valence-corrected chi connectivity index (χ4v) is 4.66. The Morgan fingerprint density at radius 3 is 1.68 bits per heavy atom. The highest BCUT2D eigenvalue weighted by atomic mass is 14.3. The van der Waals surface area contributed by atoms with Crippen LogP contribution in [0.4, 0.5) is 0 Å². The maximum absolute atomic E-state index is 2.43. The summed E-state index contributed by atoms with van der Waals surface area (Å²) in [5.74, 6) is 4.18. The Balaban J connectivity index is 0.000000117. The molecule has 0 nitrogen and oxygen atoms in total. The number of fused-ring (bicyclic) bond motifs is 2. The third-order valence-corrected chi connectivity index (χ3v) is 5.90. The molecule has 19 heavy (non-hydrogen) atoms. The second kappa shape index (κ2) is 6.77. The summed E-state index contributed by atoms with van der Waals surface area (Å²) in [7, 11) is 0. The van der Waals surface area contributed by atoms with Gasteiger partial charge >= 0.3 is 0 Å². The van der Waals surface area contributed by atoms with Gasteiger partial charge < -0.3 is 0 Å². The molecule has 0 aromatic heterocycles. The molecule has 0 saturated heterocycles. The van der Waals surface area contributed by atoms with Gasteiger partial charge in [0.25, 0.3) is 0 Å². The maximum atomic E-state index is 2.43. The van der Waals surface area contributed by atoms with Crippen LogP contribution >= 0.6 is 0 Å². The van der Waals surface area contributed by atoms with Crippen molar-refractivity contribution in [1.29, 1.82) is 0 Å². The molecule has 4 rings (SSSR count). The Kier molecular flexibility index (Phi) is 4.80. The van der Waals surface area contributed by atoms with Gasteiger partial charge in [-0.3, -0.25) is 0 Å². The Hall–Kier alpha value is -0.520. The number of rotatable bonds is 0. The minimum atomic E-state index is 0.985. The first-order valence-corrected chi connectivity index (χ1v) is 8.75. The van der Waals surface area contributed by atoms with Crippen molar-refractivity contribution in [1.82, 2.24) is 0 Å². The molecule has 0 bridgehead atoms. The molecular weight excluding hydrogens is 228 g/mol. The molecule has 0 aliphatic heterocycles. The maximum Gasteiger partial charge on any atom is -0.0202 e. The van der Waals surface area contributed by atoms with E-state index in [1.807, 2.05) is 0 Å². The van der Waals surface area contributed by atoms with Crippen molar-refractivity contribution < 1.29 is 0 Å². The van der Waals surface area contributed by atoms with E-state index in [4.69, 9.17) is 0 Å². The van der Waals surface area contributed by atoms with Crippen molar-refractivity contribution in [3.05, 3.63) is 24.3 Å². The van der Waals surface area contributed by atoms with Crippen LogP contribution in [0.2, 0.25) is 0 Å². The Bertz CT molecular complexity index is 309. The predicted octanol–water partition coefficient (Wildman–Crippen LogP) is 5.90. The predicted molar refractivity (Wildman–Crippen MR) is 83.0 cm³/mol. The molecule has 0 amide bonds. The first-order chi connectivity index (χ1) is 9.43. The lowest BCUT2D eigenvalue weighted by molar-refractivity contribution is 0.231. The van der Waals surface area contributed by atoms with E-state index in [2.05, 4.69) is 24.3 Å². The molecule has 0 aromatic rings. The summed E-state index contributed by atoms with van der Waals surface area (Å²) >= 11 is 0. The van der Waals surface area contributed by atoms with Crippen molar-refractivity contribution in [3.63, 3.8) is 0 Å². The van der Waals surface area contributed by atoms with E-state index in [1.54, 1.807) is 0 Å². The standard InChI is InChI=1S/C10H16.C9H14/c1-2-6-10-8-4-3-7-9(10)5-1;1-2-5-9-7-3-6-8(9)4-1/h1-2,9-10H,3-8H2;3,6,8-9H,1-2,4-5,7H2. The van der Waals surface area contributed by atoms with Gasteiger partial charge in [0.05, 0.1) is 0 Å². The smallest absolute Gasteiger partial charge is 0.0202 e. The van der Waals surface area contributed by atoms with Gasteiger partial charge in [0.15, 0.2) is 0 Å². The van der Waals surface area contributed by atoms with E-state index < -0.39 is 0 Å². The molecule has 0 aromatic carbocycles. The van der Waals surface area contributed by atoms with Crippen molar-refractivity contribution in [3.8, 4) is 0 Å². The first-order valence-electron chi connectivity index (χ1n) is 8.75. The molecular formula is C19H30. The average Bonchev–Trinajstić information content (AvgIpc) is 2.96. The highest BCUT2D eigenvalue weighted by molar-refractivity contribution is 5.02. The van der Waals surface area contributed by atoms with Gasteiger partial charge in [0.2, 0.25) is 0 Å². The van der Waals surface area contributed by atoms with Gasteiger partial charge in [-0.1, -0.05) is 50.0 Å². The third-order valence-electron chi connectivity index (χ3n) is 5.90. The topological polar surface area (TPSA) is 0 Å². The molecule has 0 N–H and O–H groups in total. The summed E-state index contributed by atoms with van der Waals surface area (Å²) < 4.78 is 0. The van der Waals surface area contributed by atoms with Crippen molar-refractivity contribution in [2.24, 2.45) is 23.7 Å². The Morgan fingerprint density at radius 2 is 1.05 bits per heavy atom. The number of allylic oxidation sites excluding steroid dienone is 4. The zero-order valence-corrected chi connectivity index (χ0v) is 12.4. The van der Waals surface area contributed by atoms with Crippen LogP contribution in [0.1, 0.15) is 70.6 Å². The molecule has 4 atom stereocenters. The van der Waals surface area contributed by atoms with Crippen LogP contribution in [0.15, 0.2) is 24.3 Å². The van der Waals surface area contributed by atoms with Gasteiger partial charge in [0, 0.05) is 0 Å². The van der Waals surface area contributed by atoms with Crippen molar-refractivity contribution >= 4 is 0 Å². The second-order valence-corrected chi connectivity index (χ2v) is 7.12. The summed E-state index contributed by atoms with van der Waals surface area (Å²) in [6, 6.07) is 0. The molecule has 0 heteroatoms. The summed E-state index contributed by atoms with van der Waals surface area (Å²) in [5, 5.41) is 0. The molecule has 4 aliphatic carbocycles. The molecule has 106 valence electrons. The fourth-order valence-electron chi connectivity index (χ4n) is 4.66. The van der Waals surface area contributed by atoms with E-state index in [1.165, 1.54) is 70.6 Å². The second-order valence-electron chi connectivity index (χ2n) is 7.12. The van der Waals surface area contributed by atoms with Crippen LogP contribution in [0, 0.1) is 23.7 Å². The fraction of sp³-hybridized carbons (Fsp3) is 0.789. The minimum Gasteiger partial charge on any atom is -0.0882 e. The zero-order valence-electron chi connectivity index (χ0n) is 12.4. The van der Waals surface area contributed by atoms with E-state index in [0.29, 0.717) is 0 Å². The lowest BCUT2D eigenvalue weighted by atomic mass is 9.73. The molecule has 2 saturated carbocycles. The molecule has 0 radical (unpaired) electrons. The SMILES string of the molecule is C1=CC2CCCCC2C1.C1=CCC2CCCCC2C1. The molecule has 0 heterocycles. The van der Waals surface area contributed by atoms with E-state index in [9.17, 15) is 0 Å². The normalized spacial score (nSPS) is 40.0. The third kappa shape index (κ3) is 3.52. The number of hydrogen-bond donors (Lipinski definition) is 0. The largest absolute Gasteiger partial charge is 0.0882 e. The van der Waals surface area contributed by atoms with E-state index >= 15 is 0 Å². The van der Waals surface area contributed by atoms with Gasteiger partial charge in [0.1, 0.15) is 0 Å². The lowest BCUT2D eigenvalue weighted by Crippen LogP contribution is -2.20. The molecule has 0 spiro atoms. The van der Waals surface area contributed by atoms with Crippen LogP contribution in [-0.4, -0.2) is 0 Å². The minimum absolute atomic E-state index is 0.985. The lowest BCUT2D eigenvalue weighted by Gasteiger charge is -2.32. The van der Waals surface area contributed by atoms with Crippen molar-refractivity contribution in [2.75, 3.05) is 0 Å². The summed E-state index contributed by atoms with van der Waals surface area (Å²) in [4.78, 5) is 0.